The van der Waals surface area contributed by atoms with Gasteiger partial charge in [0.25, 0.3) is 5.91 Å². The fourth-order valence-electron chi connectivity index (χ4n) is 6.05. The van der Waals surface area contributed by atoms with Crippen LogP contribution in [0.2, 0.25) is 0 Å². The molecule has 7 nitrogen and oxygen atoms in total. The van der Waals surface area contributed by atoms with Crippen molar-refractivity contribution in [2.45, 2.75) is 110 Å². The number of rotatable bonds is 14. The highest BCUT2D eigenvalue weighted by atomic mass is 32.2. The molecular weight excluding hydrogens is 605 g/mol. The van der Waals surface area contributed by atoms with E-state index >= 15 is 0 Å². The lowest BCUT2D eigenvalue weighted by molar-refractivity contribution is -0.142. The van der Waals surface area contributed by atoms with E-state index in [1.54, 1.807) is 26.8 Å². The Balaban J connectivity index is 2.09. The second-order valence-electron chi connectivity index (χ2n) is 13.1. The standard InChI is InChI=1S/C36H52N2O5S2/c1-8-45-32(37-25(3)22-26-15-10-9-11-16-26)27-18-19-29(30(23-27)28-17-13-12-14-24(28)2)33(39)38(35(42)43-36(4,5)6)31(34(40)41)20-21-44-7/h12-14,17-19,23,25-26,31-32,37H,8-11,15-16,20-22H2,1-7H3,(H,40,41)/t25?,31-,32?/m0/s1. The molecule has 1 saturated carbocycles. The van der Waals surface area contributed by atoms with Gasteiger partial charge in [0, 0.05) is 11.6 Å². The van der Waals surface area contributed by atoms with Crippen molar-refractivity contribution in [3.05, 3.63) is 59.2 Å². The van der Waals surface area contributed by atoms with Crippen LogP contribution in [0.1, 0.15) is 106 Å². The molecule has 9 heteroatoms. The number of hydrogen-bond acceptors (Lipinski definition) is 7. The maximum Gasteiger partial charge on any atom is 0.418 e. The lowest BCUT2D eigenvalue weighted by atomic mass is 9.85. The second-order valence-corrected chi connectivity index (χ2v) is 15.4. The second kappa shape index (κ2) is 17.4. The van der Waals surface area contributed by atoms with E-state index in [-0.39, 0.29) is 17.4 Å². The van der Waals surface area contributed by atoms with Crippen LogP contribution in [0.4, 0.5) is 4.79 Å². The summed E-state index contributed by atoms with van der Waals surface area (Å²) in [5.74, 6) is 0.210. The fraction of sp³-hybridized carbons (Fsp3) is 0.583. The molecule has 1 aliphatic rings. The van der Waals surface area contributed by atoms with Crippen LogP contribution < -0.4 is 5.32 Å². The number of nitrogens with zero attached hydrogens (tertiary/aromatic N) is 1. The van der Waals surface area contributed by atoms with Gasteiger partial charge >= 0.3 is 12.1 Å². The molecule has 3 atom stereocenters. The molecule has 0 spiro atoms. The predicted molar refractivity (Wildman–Crippen MR) is 188 cm³/mol. The topological polar surface area (TPSA) is 95.9 Å². The molecule has 0 aromatic heterocycles. The van der Waals surface area contributed by atoms with E-state index in [2.05, 4.69) is 19.2 Å². The van der Waals surface area contributed by atoms with Gasteiger partial charge in [-0.3, -0.25) is 10.1 Å². The number of aliphatic carboxylic acids is 1. The zero-order chi connectivity index (χ0) is 33.1. The molecule has 0 radical (unpaired) electrons. The molecule has 3 rings (SSSR count). The van der Waals surface area contributed by atoms with Crippen LogP contribution in [0.25, 0.3) is 11.1 Å². The quantitative estimate of drug-likeness (QED) is 0.195. The molecule has 0 heterocycles. The number of benzene rings is 2. The van der Waals surface area contributed by atoms with E-state index in [1.807, 2.05) is 61.3 Å². The highest BCUT2D eigenvalue weighted by Gasteiger charge is 2.39. The molecule has 1 fully saturated rings. The minimum atomic E-state index is -1.37. The zero-order valence-electron chi connectivity index (χ0n) is 28.1. The van der Waals surface area contributed by atoms with Crippen molar-refractivity contribution in [1.29, 1.82) is 0 Å². The summed E-state index contributed by atoms with van der Waals surface area (Å²) in [6.07, 6.45) is 8.73. The molecule has 2 N–H and O–H groups in total. The Hall–Kier alpha value is -2.49. The molecule has 0 aliphatic heterocycles. The van der Waals surface area contributed by atoms with Crippen LogP contribution in [0.15, 0.2) is 42.5 Å². The van der Waals surface area contributed by atoms with Crippen molar-refractivity contribution < 1.29 is 24.2 Å². The van der Waals surface area contributed by atoms with Crippen molar-refractivity contribution in [2.75, 3.05) is 17.8 Å². The summed E-state index contributed by atoms with van der Waals surface area (Å²) in [5, 5.41) is 14.1. The van der Waals surface area contributed by atoms with Crippen LogP contribution in [0.5, 0.6) is 0 Å². The summed E-state index contributed by atoms with van der Waals surface area (Å²) in [7, 11) is 0. The number of carboxylic acid groups (broad SMARTS) is 1. The molecule has 2 unspecified atom stereocenters. The largest absolute Gasteiger partial charge is 0.480 e. The number of ether oxygens (including phenoxy) is 1. The number of hydrogen-bond donors (Lipinski definition) is 2. The highest BCUT2D eigenvalue weighted by Crippen LogP contribution is 2.36. The molecule has 248 valence electrons. The van der Waals surface area contributed by atoms with E-state index in [0.29, 0.717) is 17.4 Å². The monoisotopic (exact) mass is 656 g/mol. The van der Waals surface area contributed by atoms with E-state index in [4.69, 9.17) is 4.74 Å². The molecule has 2 aromatic rings. The van der Waals surface area contributed by atoms with Crippen molar-refractivity contribution in [1.82, 2.24) is 10.2 Å². The number of nitrogens with one attached hydrogen (secondary N) is 1. The normalized spacial score (nSPS) is 16.1. The van der Waals surface area contributed by atoms with Gasteiger partial charge < -0.3 is 9.84 Å². The number of amides is 2. The number of thioether (sulfide) groups is 2. The third-order valence-corrected chi connectivity index (χ3v) is 9.91. The molecule has 45 heavy (non-hydrogen) atoms. The van der Waals surface area contributed by atoms with Gasteiger partial charge in [-0.25, -0.2) is 14.5 Å². The van der Waals surface area contributed by atoms with Gasteiger partial charge in [-0.15, -0.1) is 11.8 Å². The molecule has 2 aromatic carbocycles. The number of imide groups is 1. The van der Waals surface area contributed by atoms with Gasteiger partial charge in [0.2, 0.25) is 0 Å². The Kier molecular flexibility index (Phi) is 14.3. The minimum Gasteiger partial charge on any atom is -0.480 e. The lowest BCUT2D eigenvalue weighted by Crippen LogP contribution is -2.50. The average Bonchev–Trinajstić information content (AvgIpc) is 2.98. The van der Waals surface area contributed by atoms with Crippen molar-refractivity contribution in [2.24, 2.45) is 5.92 Å². The van der Waals surface area contributed by atoms with Gasteiger partial charge in [-0.2, -0.15) is 11.8 Å². The van der Waals surface area contributed by atoms with Gasteiger partial charge in [0.15, 0.2) is 0 Å². The van der Waals surface area contributed by atoms with Crippen LogP contribution in [0.3, 0.4) is 0 Å². The summed E-state index contributed by atoms with van der Waals surface area (Å²) in [6, 6.07) is 12.5. The van der Waals surface area contributed by atoms with E-state index < -0.39 is 29.6 Å². The third kappa shape index (κ3) is 10.8. The van der Waals surface area contributed by atoms with Crippen LogP contribution in [0, 0.1) is 12.8 Å². The first-order valence-electron chi connectivity index (χ1n) is 16.2. The summed E-state index contributed by atoms with van der Waals surface area (Å²) in [6.45, 7) is 11.5. The minimum absolute atomic E-state index is 0.0100. The lowest BCUT2D eigenvalue weighted by Gasteiger charge is -2.31. The first-order valence-corrected chi connectivity index (χ1v) is 18.7. The Morgan fingerprint density at radius 2 is 1.76 bits per heavy atom. The number of aryl methyl sites for hydroxylation is 1. The average molecular weight is 657 g/mol. The highest BCUT2D eigenvalue weighted by molar-refractivity contribution is 7.99. The Morgan fingerprint density at radius 1 is 1.07 bits per heavy atom. The van der Waals surface area contributed by atoms with Gasteiger partial charge in [0.1, 0.15) is 11.6 Å². The predicted octanol–water partition coefficient (Wildman–Crippen LogP) is 8.95. The first-order chi connectivity index (χ1) is 21.4. The Labute approximate surface area is 278 Å². The van der Waals surface area contributed by atoms with Crippen LogP contribution in [-0.4, -0.2) is 63.4 Å². The molecule has 2 amide bonds. The van der Waals surface area contributed by atoms with Crippen LogP contribution >= 0.6 is 23.5 Å². The van der Waals surface area contributed by atoms with E-state index in [1.165, 1.54) is 43.9 Å². The van der Waals surface area contributed by atoms with Crippen molar-refractivity contribution in [3.8, 4) is 11.1 Å². The molecule has 0 bridgehead atoms. The Morgan fingerprint density at radius 3 is 2.36 bits per heavy atom. The zero-order valence-corrected chi connectivity index (χ0v) is 29.7. The molecular formula is C36H52N2O5S2. The van der Waals surface area contributed by atoms with Crippen molar-refractivity contribution >= 4 is 41.5 Å². The summed E-state index contributed by atoms with van der Waals surface area (Å²) >= 11 is 3.28. The SMILES string of the molecule is CCSC(NC(C)CC1CCCCC1)c1ccc(C(=O)N(C(=O)OC(C)(C)C)[C@@H](CCSC)C(=O)O)c(-c2ccccc2C)c1. The smallest absolute Gasteiger partial charge is 0.418 e. The number of carbonyl (C=O) groups excluding carboxylic acids is 2. The van der Waals surface area contributed by atoms with Gasteiger partial charge in [-0.05, 0) is 106 Å². The number of carbonyl (C=O) groups is 3. The van der Waals surface area contributed by atoms with E-state index in [9.17, 15) is 19.5 Å². The van der Waals surface area contributed by atoms with Gasteiger partial charge in [-0.1, -0.05) is 69.4 Å². The summed E-state index contributed by atoms with van der Waals surface area (Å²) in [4.78, 5) is 41.3. The number of carboxylic acids is 1. The van der Waals surface area contributed by atoms with Crippen LogP contribution in [-0.2, 0) is 9.53 Å². The fourth-order valence-corrected chi connectivity index (χ4v) is 7.51. The van der Waals surface area contributed by atoms with Gasteiger partial charge in [0.05, 0.1) is 5.37 Å². The molecule has 1 aliphatic carbocycles. The van der Waals surface area contributed by atoms with Crippen molar-refractivity contribution in [3.63, 3.8) is 0 Å². The maximum atomic E-state index is 14.4. The molecule has 0 saturated heterocycles. The van der Waals surface area contributed by atoms with E-state index in [0.717, 1.165) is 39.7 Å². The maximum absolute atomic E-state index is 14.4. The summed E-state index contributed by atoms with van der Waals surface area (Å²) in [5.41, 5.74) is 2.90. The first kappa shape index (κ1) is 37.0. The summed E-state index contributed by atoms with van der Waals surface area (Å²) < 4.78 is 5.61. The Bertz CT molecular complexity index is 1290. The third-order valence-electron chi connectivity index (χ3n) is 8.19.